The third-order valence-electron chi connectivity index (χ3n) is 0.624. The standard InChI is InChI=1S/C6H10O2.C4H12N.ClH/c1-4-8-6(7)5(2)3;1-5(2,3)4;/h2,4H2,1,3H3;1-4H3;1H/q;+1;/p-1. The SMILES string of the molecule is C=C(C)C(=O)OCC.C[N+](C)(C)C.[Cl-]. The molecule has 0 bridgehead atoms. The van der Waals surface area contributed by atoms with Gasteiger partial charge in [0.15, 0.2) is 0 Å². The first-order valence-electron chi connectivity index (χ1n) is 4.30. The van der Waals surface area contributed by atoms with Gasteiger partial charge in [0.25, 0.3) is 0 Å². The van der Waals surface area contributed by atoms with Crippen LogP contribution in [-0.2, 0) is 9.53 Å². The van der Waals surface area contributed by atoms with Gasteiger partial charge in [-0.1, -0.05) is 6.58 Å². The Kier molecular flexibility index (Phi) is 12.3. The van der Waals surface area contributed by atoms with Crippen molar-refractivity contribution in [3.63, 3.8) is 0 Å². The fourth-order valence-corrected chi connectivity index (χ4v) is 0.254. The molecule has 0 aromatic rings. The van der Waals surface area contributed by atoms with Crippen LogP contribution < -0.4 is 12.4 Å². The van der Waals surface area contributed by atoms with Crippen LogP contribution in [0.15, 0.2) is 12.2 Å². The lowest BCUT2D eigenvalue weighted by Gasteiger charge is -2.14. The van der Waals surface area contributed by atoms with Gasteiger partial charge in [0.05, 0.1) is 34.8 Å². The fourth-order valence-electron chi connectivity index (χ4n) is 0.254. The van der Waals surface area contributed by atoms with Gasteiger partial charge in [-0.05, 0) is 13.8 Å². The number of hydrogen-bond acceptors (Lipinski definition) is 2. The Balaban J connectivity index is -0.000000177. The van der Waals surface area contributed by atoms with Crippen LogP contribution in [0.3, 0.4) is 0 Å². The van der Waals surface area contributed by atoms with Gasteiger partial charge >= 0.3 is 5.97 Å². The van der Waals surface area contributed by atoms with Crippen molar-refractivity contribution in [1.82, 2.24) is 0 Å². The highest BCUT2D eigenvalue weighted by Crippen LogP contribution is 1.89. The van der Waals surface area contributed by atoms with Crippen LogP contribution in [0.1, 0.15) is 13.8 Å². The van der Waals surface area contributed by atoms with E-state index < -0.39 is 0 Å². The van der Waals surface area contributed by atoms with Crippen LogP contribution in [0.25, 0.3) is 0 Å². The first-order chi connectivity index (χ1) is 5.68. The smallest absolute Gasteiger partial charge is 0.333 e. The Morgan fingerprint density at radius 2 is 1.57 bits per heavy atom. The minimum Gasteiger partial charge on any atom is -1.00 e. The van der Waals surface area contributed by atoms with Gasteiger partial charge in [-0.3, -0.25) is 0 Å². The van der Waals surface area contributed by atoms with Gasteiger partial charge < -0.3 is 21.6 Å². The zero-order valence-electron chi connectivity index (χ0n) is 10.1. The molecule has 0 N–H and O–H groups in total. The van der Waals surface area contributed by atoms with E-state index in [9.17, 15) is 4.79 Å². The molecule has 86 valence electrons. The Bertz CT molecular complexity index is 167. The second kappa shape index (κ2) is 9.03. The van der Waals surface area contributed by atoms with Gasteiger partial charge in [-0.15, -0.1) is 0 Å². The second-order valence-electron chi connectivity index (χ2n) is 4.18. The first-order valence-corrected chi connectivity index (χ1v) is 4.30. The van der Waals surface area contributed by atoms with Crippen LogP contribution in [0.2, 0.25) is 0 Å². The molecule has 0 saturated carbocycles. The Morgan fingerprint density at radius 3 is 1.64 bits per heavy atom. The molecule has 0 atom stereocenters. The lowest BCUT2D eigenvalue weighted by molar-refractivity contribution is -0.849. The number of nitrogens with zero attached hydrogens (tertiary/aromatic N) is 1. The molecule has 0 amide bonds. The molecule has 0 aliphatic rings. The minimum absolute atomic E-state index is 0. The fraction of sp³-hybridized carbons (Fsp3) is 0.700. The number of carbonyl (C=O) groups is 1. The van der Waals surface area contributed by atoms with Crippen LogP contribution in [0, 0.1) is 0 Å². The Morgan fingerprint density at radius 1 is 1.29 bits per heavy atom. The molecular weight excluding hydrogens is 202 g/mol. The molecule has 0 radical (unpaired) electrons. The van der Waals surface area contributed by atoms with Gasteiger partial charge in [-0.2, -0.15) is 0 Å². The van der Waals surface area contributed by atoms with Crippen molar-refractivity contribution >= 4 is 5.97 Å². The minimum atomic E-state index is -0.312. The molecule has 0 aromatic heterocycles. The summed E-state index contributed by atoms with van der Waals surface area (Å²) in [7, 11) is 8.50. The van der Waals surface area contributed by atoms with Crippen LogP contribution in [0.4, 0.5) is 0 Å². The predicted molar refractivity (Wildman–Crippen MR) is 55.4 cm³/mol. The molecule has 0 aliphatic carbocycles. The van der Waals surface area contributed by atoms with Crippen molar-refractivity contribution in [2.24, 2.45) is 0 Å². The quantitative estimate of drug-likeness (QED) is 0.322. The van der Waals surface area contributed by atoms with Crippen molar-refractivity contribution in [2.45, 2.75) is 13.8 Å². The molecule has 0 fully saturated rings. The van der Waals surface area contributed by atoms with Crippen molar-refractivity contribution < 1.29 is 26.4 Å². The average Bonchev–Trinajstić information content (AvgIpc) is 1.84. The molecule has 0 spiro atoms. The maximum atomic E-state index is 10.4. The second-order valence-corrected chi connectivity index (χ2v) is 4.18. The Labute approximate surface area is 93.7 Å². The van der Waals surface area contributed by atoms with Crippen LogP contribution in [0.5, 0.6) is 0 Å². The summed E-state index contributed by atoms with van der Waals surface area (Å²) in [5.41, 5.74) is 0.451. The number of hydrogen-bond donors (Lipinski definition) is 0. The maximum absolute atomic E-state index is 10.4. The molecule has 0 aliphatic heterocycles. The topological polar surface area (TPSA) is 26.3 Å². The number of quaternary nitrogens is 1. The van der Waals surface area contributed by atoms with Crippen molar-refractivity contribution in [2.75, 3.05) is 34.8 Å². The monoisotopic (exact) mass is 223 g/mol. The van der Waals surface area contributed by atoms with E-state index in [1.54, 1.807) is 13.8 Å². The van der Waals surface area contributed by atoms with Gasteiger partial charge in [0.1, 0.15) is 0 Å². The summed E-state index contributed by atoms with van der Waals surface area (Å²) in [6.45, 7) is 7.21. The van der Waals surface area contributed by atoms with E-state index >= 15 is 0 Å². The zero-order chi connectivity index (χ0) is 11.1. The summed E-state index contributed by atoms with van der Waals surface area (Å²) in [5, 5.41) is 0. The molecule has 0 unspecified atom stereocenters. The zero-order valence-corrected chi connectivity index (χ0v) is 10.8. The Hall–Kier alpha value is -0.540. The molecule has 0 saturated heterocycles. The summed E-state index contributed by atoms with van der Waals surface area (Å²) < 4.78 is 5.56. The van der Waals surface area contributed by atoms with Crippen LogP contribution >= 0.6 is 0 Å². The number of halogens is 1. The highest BCUT2D eigenvalue weighted by Gasteiger charge is 1.98. The normalized spacial score (nSPS) is 9.00. The van der Waals surface area contributed by atoms with Gasteiger partial charge in [0.2, 0.25) is 0 Å². The molecule has 4 heteroatoms. The van der Waals surface area contributed by atoms with Crippen LogP contribution in [-0.4, -0.2) is 45.2 Å². The number of rotatable bonds is 2. The first kappa shape index (κ1) is 19.1. The summed E-state index contributed by atoms with van der Waals surface area (Å²) in [6.07, 6.45) is 0. The lowest BCUT2D eigenvalue weighted by atomic mass is 10.4. The number of ether oxygens (including phenoxy) is 1. The largest absolute Gasteiger partial charge is 1.00 e. The molecular formula is C10H22ClNO2. The van der Waals surface area contributed by atoms with Crippen molar-refractivity contribution in [1.29, 1.82) is 0 Å². The number of esters is 1. The highest BCUT2D eigenvalue weighted by atomic mass is 35.5. The van der Waals surface area contributed by atoms with Gasteiger partial charge in [-0.25, -0.2) is 4.79 Å². The lowest BCUT2D eigenvalue weighted by Crippen LogP contribution is -3.00. The van der Waals surface area contributed by atoms with E-state index in [-0.39, 0.29) is 18.4 Å². The van der Waals surface area contributed by atoms with E-state index in [2.05, 4.69) is 39.5 Å². The summed E-state index contributed by atoms with van der Waals surface area (Å²) >= 11 is 0. The summed E-state index contributed by atoms with van der Waals surface area (Å²) in [6, 6.07) is 0. The maximum Gasteiger partial charge on any atom is 0.333 e. The summed E-state index contributed by atoms with van der Waals surface area (Å²) in [4.78, 5) is 10.4. The molecule has 3 nitrogen and oxygen atoms in total. The predicted octanol–water partition coefficient (Wildman–Crippen LogP) is -1.55. The summed E-state index contributed by atoms with van der Waals surface area (Å²) in [5.74, 6) is -0.312. The third kappa shape index (κ3) is 30.0. The number of carbonyl (C=O) groups excluding carboxylic acids is 1. The third-order valence-corrected chi connectivity index (χ3v) is 0.624. The van der Waals surface area contributed by atoms with E-state index in [1.165, 1.54) is 0 Å². The van der Waals surface area contributed by atoms with E-state index in [0.29, 0.717) is 12.2 Å². The molecule has 0 aromatic carbocycles. The average molecular weight is 224 g/mol. The van der Waals surface area contributed by atoms with Crippen molar-refractivity contribution in [3.05, 3.63) is 12.2 Å². The van der Waals surface area contributed by atoms with Gasteiger partial charge in [0, 0.05) is 5.57 Å². The molecule has 0 rings (SSSR count). The molecule has 0 heterocycles. The molecule has 14 heavy (non-hydrogen) atoms. The van der Waals surface area contributed by atoms with E-state index in [4.69, 9.17) is 0 Å². The van der Waals surface area contributed by atoms with Crippen molar-refractivity contribution in [3.8, 4) is 0 Å². The van der Waals surface area contributed by atoms with E-state index in [1.807, 2.05) is 0 Å². The van der Waals surface area contributed by atoms with E-state index in [0.717, 1.165) is 4.48 Å². The highest BCUT2D eigenvalue weighted by molar-refractivity contribution is 5.86.